The van der Waals surface area contributed by atoms with Crippen molar-refractivity contribution in [2.45, 2.75) is 60.9 Å². The zero-order valence-electron chi connectivity index (χ0n) is 22.8. The molecule has 3 atom stereocenters. The number of aliphatic carboxylic acids is 1. The van der Waals surface area contributed by atoms with Gasteiger partial charge in [0.2, 0.25) is 0 Å². The van der Waals surface area contributed by atoms with E-state index in [2.05, 4.69) is 16.9 Å². The molecule has 2 aliphatic rings. The second kappa shape index (κ2) is 12.4. The Morgan fingerprint density at radius 1 is 0.652 bits per heavy atom. The number of alkyl halides is 14. The van der Waals surface area contributed by atoms with Gasteiger partial charge in [0.15, 0.2) is 0 Å². The number of halogens is 14. The number of rotatable bonds is 10. The monoisotopic (exact) mass is 684 g/mol. The van der Waals surface area contributed by atoms with Crippen LogP contribution in [0.5, 0.6) is 5.75 Å². The molecule has 0 aromatic heterocycles. The summed E-state index contributed by atoms with van der Waals surface area (Å²) in [6, 6.07) is 5.35. The fraction of sp³-hybridized carbons (Fsp3) is 0.414. The van der Waals surface area contributed by atoms with E-state index in [9.17, 15) is 61.9 Å². The molecule has 0 heterocycles. The smallest absolute Gasteiger partial charge is 0.460 e. The Labute approximate surface area is 251 Å². The van der Waals surface area contributed by atoms with Crippen molar-refractivity contribution in [1.29, 1.82) is 0 Å². The van der Waals surface area contributed by atoms with Crippen LogP contribution in [0.4, 0.5) is 61.5 Å². The molecule has 0 aliphatic heterocycles. The molecule has 1 fully saturated rings. The molecule has 254 valence electrons. The van der Waals surface area contributed by atoms with Crippen molar-refractivity contribution < 1.29 is 76.1 Å². The molecule has 3 unspecified atom stereocenters. The van der Waals surface area contributed by atoms with Gasteiger partial charge in [-0.2, -0.15) is 61.5 Å². The van der Waals surface area contributed by atoms with E-state index in [-0.39, 0.29) is 17.7 Å². The fourth-order valence-electron chi connectivity index (χ4n) is 4.62. The molecule has 1 N–H and O–H groups in total. The van der Waals surface area contributed by atoms with Crippen LogP contribution in [0.25, 0.3) is 6.08 Å². The second-order valence-corrected chi connectivity index (χ2v) is 10.4. The summed E-state index contributed by atoms with van der Waals surface area (Å²) in [4.78, 5) is 10.5. The summed E-state index contributed by atoms with van der Waals surface area (Å²) in [5.41, 5.74) is -1.81. The highest BCUT2D eigenvalue weighted by molar-refractivity contribution is 5.85. The predicted molar refractivity (Wildman–Crippen MR) is 134 cm³/mol. The van der Waals surface area contributed by atoms with Crippen molar-refractivity contribution in [2.75, 3.05) is 0 Å². The SMILES string of the molecule is C1=CC2CCC1C2.O=C(O)C=Cc1ccc(OC(F)(c2ccccc2)C(F)(F)C(F)(F)C(F)(F)C(F)(F)C(F)(F)C(F)(F)F)cc1. The van der Waals surface area contributed by atoms with Gasteiger partial charge in [0.05, 0.1) is 0 Å². The maximum atomic E-state index is 15.8. The van der Waals surface area contributed by atoms with Crippen LogP contribution < -0.4 is 4.74 Å². The van der Waals surface area contributed by atoms with E-state index < -0.39 is 58.9 Å². The lowest BCUT2D eigenvalue weighted by Gasteiger charge is -2.43. The topological polar surface area (TPSA) is 46.5 Å². The van der Waals surface area contributed by atoms with Gasteiger partial charge >= 0.3 is 47.6 Å². The van der Waals surface area contributed by atoms with E-state index >= 15 is 4.39 Å². The van der Waals surface area contributed by atoms with Crippen molar-refractivity contribution in [2.24, 2.45) is 11.8 Å². The number of fused-ring (bicyclic) bond motifs is 2. The van der Waals surface area contributed by atoms with Gasteiger partial charge < -0.3 is 9.84 Å². The van der Waals surface area contributed by atoms with Crippen LogP contribution >= 0.6 is 0 Å². The minimum atomic E-state index is -8.23. The van der Waals surface area contributed by atoms with Crippen LogP contribution in [0.15, 0.2) is 72.8 Å². The summed E-state index contributed by atoms with van der Waals surface area (Å²) in [6.07, 6.45) is 3.01. The van der Waals surface area contributed by atoms with E-state index in [1.54, 1.807) is 0 Å². The first-order chi connectivity index (χ1) is 20.9. The van der Waals surface area contributed by atoms with Crippen LogP contribution in [0.3, 0.4) is 0 Å². The molecule has 2 aliphatic carbocycles. The van der Waals surface area contributed by atoms with Crippen LogP contribution in [0, 0.1) is 11.8 Å². The number of ether oxygens (including phenoxy) is 1. The second-order valence-electron chi connectivity index (χ2n) is 10.4. The number of hydrogen-bond donors (Lipinski definition) is 1. The Balaban J connectivity index is 0.000000710. The average molecular weight is 684 g/mol. The molecule has 2 bridgehead atoms. The Hall–Kier alpha value is -3.79. The number of allylic oxidation sites excluding steroid dienone is 2. The van der Waals surface area contributed by atoms with Crippen LogP contribution in [-0.4, -0.2) is 46.9 Å². The molecule has 0 saturated heterocycles. The minimum absolute atomic E-state index is 0.0495. The first kappa shape index (κ1) is 36.7. The maximum absolute atomic E-state index is 15.8. The van der Waals surface area contributed by atoms with E-state index in [4.69, 9.17) is 5.11 Å². The van der Waals surface area contributed by atoms with Crippen molar-refractivity contribution in [3.05, 3.63) is 84.0 Å². The molecule has 3 nitrogen and oxygen atoms in total. The molecule has 2 aromatic rings. The summed E-state index contributed by atoms with van der Waals surface area (Å²) in [5, 5.41) is 8.55. The van der Waals surface area contributed by atoms with Gasteiger partial charge in [0.1, 0.15) is 5.75 Å². The Morgan fingerprint density at radius 2 is 1.11 bits per heavy atom. The van der Waals surface area contributed by atoms with Crippen molar-refractivity contribution in [3.8, 4) is 5.75 Å². The van der Waals surface area contributed by atoms with E-state index in [1.807, 2.05) is 0 Å². The van der Waals surface area contributed by atoms with Gasteiger partial charge in [-0.1, -0.05) is 54.6 Å². The van der Waals surface area contributed by atoms with Crippen LogP contribution in [-0.2, 0) is 10.6 Å². The summed E-state index contributed by atoms with van der Waals surface area (Å²) in [5.74, 6) is -45.9. The number of hydrogen-bond acceptors (Lipinski definition) is 2. The Morgan fingerprint density at radius 3 is 1.50 bits per heavy atom. The summed E-state index contributed by atoms with van der Waals surface area (Å²) < 4.78 is 197. The quantitative estimate of drug-likeness (QED) is 0.154. The third-order valence-electron chi connectivity index (χ3n) is 7.21. The third-order valence-corrected chi connectivity index (χ3v) is 7.21. The zero-order valence-corrected chi connectivity index (χ0v) is 22.8. The summed E-state index contributed by atoms with van der Waals surface area (Å²) in [7, 11) is 0. The average Bonchev–Trinajstić information content (AvgIpc) is 3.63. The highest BCUT2D eigenvalue weighted by Crippen LogP contribution is 2.63. The molecular formula is C29H22F14O3. The molecule has 0 radical (unpaired) electrons. The van der Waals surface area contributed by atoms with Crippen LogP contribution in [0.1, 0.15) is 30.4 Å². The highest BCUT2D eigenvalue weighted by atomic mass is 19.4. The molecule has 0 spiro atoms. The largest absolute Gasteiger partial charge is 0.478 e. The Bertz CT molecular complexity index is 1410. The standard InChI is InChI=1S/C22H12F14O3.C7H10/c23-16(13-4-2-1-3-5-13,39-14-9-6-12(7-10-14)8-11-15(37)38)17(24,25)18(26,27)19(28,29)20(30,31)21(32,33)22(34,35)36;1-2-7-4-3-6(1)5-7/h1-11H,(H,37,38);1-2,6-7H,3-5H2. The normalized spacial score (nSPS) is 20.3. The lowest BCUT2D eigenvalue weighted by Crippen LogP contribution is -2.73. The van der Waals surface area contributed by atoms with Gasteiger partial charge in [-0.15, -0.1) is 0 Å². The van der Waals surface area contributed by atoms with Gasteiger partial charge in [0.25, 0.3) is 0 Å². The fourth-order valence-corrected chi connectivity index (χ4v) is 4.62. The van der Waals surface area contributed by atoms with E-state index in [0.29, 0.717) is 30.3 Å². The van der Waals surface area contributed by atoms with Crippen molar-refractivity contribution >= 4 is 12.0 Å². The number of carbonyl (C=O) groups is 1. The first-order valence-electron chi connectivity index (χ1n) is 13.0. The van der Waals surface area contributed by atoms with E-state index in [1.165, 1.54) is 19.3 Å². The molecule has 4 rings (SSSR count). The molecule has 46 heavy (non-hydrogen) atoms. The Kier molecular flexibility index (Phi) is 9.91. The molecule has 0 amide bonds. The molecule has 2 aromatic carbocycles. The third kappa shape index (κ3) is 6.41. The zero-order chi connectivity index (χ0) is 35.0. The molecule has 17 heteroatoms. The van der Waals surface area contributed by atoms with Gasteiger partial charge in [0, 0.05) is 11.6 Å². The first-order valence-corrected chi connectivity index (χ1v) is 13.0. The lowest BCUT2D eigenvalue weighted by atomic mass is 9.87. The van der Waals surface area contributed by atoms with Crippen molar-refractivity contribution in [3.63, 3.8) is 0 Å². The van der Waals surface area contributed by atoms with Gasteiger partial charge in [-0.25, -0.2) is 4.79 Å². The maximum Gasteiger partial charge on any atom is 0.460 e. The van der Waals surface area contributed by atoms with Crippen molar-refractivity contribution in [1.82, 2.24) is 0 Å². The predicted octanol–water partition coefficient (Wildman–Crippen LogP) is 9.70. The summed E-state index contributed by atoms with van der Waals surface area (Å²) in [6.45, 7) is 0. The minimum Gasteiger partial charge on any atom is -0.478 e. The van der Waals surface area contributed by atoms with Gasteiger partial charge in [-0.3, -0.25) is 0 Å². The van der Waals surface area contributed by atoms with Gasteiger partial charge in [-0.05, 0) is 54.9 Å². The lowest BCUT2D eigenvalue weighted by molar-refractivity contribution is -0.456. The summed E-state index contributed by atoms with van der Waals surface area (Å²) >= 11 is 0. The molecule has 1 saturated carbocycles. The highest BCUT2D eigenvalue weighted by Gasteiger charge is 2.93. The van der Waals surface area contributed by atoms with E-state index in [0.717, 1.165) is 36.1 Å². The van der Waals surface area contributed by atoms with Crippen LogP contribution in [0.2, 0.25) is 0 Å². The number of carboxylic acid groups (broad SMARTS) is 1. The molecular weight excluding hydrogens is 662 g/mol. The number of benzene rings is 2. The number of carboxylic acids is 1.